The summed E-state index contributed by atoms with van der Waals surface area (Å²) in [4.78, 5) is 38.4. The van der Waals surface area contributed by atoms with Gasteiger partial charge < -0.3 is 21.5 Å². The summed E-state index contributed by atoms with van der Waals surface area (Å²) in [5.74, 6) is -0.942. The number of anilines is 2. The fourth-order valence-corrected chi connectivity index (χ4v) is 3.13. The van der Waals surface area contributed by atoms with Crippen LogP contribution in [-0.4, -0.2) is 22.6 Å². The second kappa shape index (κ2) is 8.01. The Bertz CT molecular complexity index is 1070. The van der Waals surface area contributed by atoms with E-state index in [-0.39, 0.29) is 11.3 Å². The molecule has 1 aliphatic rings. The smallest absolute Gasteiger partial charge is 0.337 e. The van der Waals surface area contributed by atoms with Crippen molar-refractivity contribution in [3.8, 4) is 0 Å². The molecule has 0 unspecified atom stereocenters. The van der Waals surface area contributed by atoms with E-state index in [9.17, 15) is 14.4 Å². The number of fused-ring (bicyclic) bond motifs is 1. The second-order valence-electron chi connectivity index (χ2n) is 6.45. The molecule has 0 amide bonds. The Balaban J connectivity index is 0.000000211. The van der Waals surface area contributed by atoms with Gasteiger partial charge in [-0.25, -0.2) is 4.79 Å². The number of nitrogen functional groups attached to an aromatic ring is 1. The first-order valence-electron chi connectivity index (χ1n) is 8.70. The number of carboxylic acid groups (broad SMARTS) is 1. The van der Waals surface area contributed by atoms with Crippen molar-refractivity contribution in [2.75, 3.05) is 17.2 Å². The van der Waals surface area contributed by atoms with Crippen molar-refractivity contribution in [1.29, 1.82) is 0 Å². The maximum atomic E-state index is 11.6. The highest BCUT2D eigenvalue weighted by atomic mass is 16.4. The van der Waals surface area contributed by atoms with Crippen molar-refractivity contribution in [3.05, 3.63) is 85.4 Å². The van der Waals surface area contributed by atoms with E-state index < -0.39 is 16.8 Å². The summed E-state index contributed by atoms with van der Waals surface area (Å²) in [6.45, 7) is 1.82. The van der Waals surface area contributed by atoms with Gasteiger partial charge >= 0.3 is 5.97 Å². The summed E-state index contributed by atoms with van der Waals surface area (Å²) in [6.07, 6.45) is 3.69. The Hall–Kier alpha value is -3.52. The molecular weight excluding hydrogens is 360 g/mol. The molecule has 5 N–H and O–H groups in total. The van der Waals surface area contributed by atoms with Crippen LogP contribution in [-0.2, 0) is 19.5 Å². The zero-order chi connectivity index (χ0) is 20.3. The van der Waals surface area contributed by atoms with E-state index in [0.29, 0.717) is 25.3 Å². The Morgan fingerprint density at radius 1 is 1.18 bits per heavy atom. The molecule has 0 bridgehead atoms. The average Bonchev–Trinajstić information content (AvgIpc) is 2.74. The van der Waals surface area contributed by atoms with Crippen LogP contribution in [0.5, 0.6) is 0 Å². The van der Waals surface area contributed by atoms with Crippen LogP contribution in [0.3, 0.4) is 0 Å². The van der Waals surface area contributed by atoms with Gasteiger partial charge in [-0.1, -0.05) is 18.2 Å². The minimum Gasteiger partial charge on any atom is -0.478 e. The summed E-state index contributed by atoms with van der Waals surface area (Å²) in [5, 5.41) is 8.34. The lowest BCUT2D eigenvalue weighted by Crippen LogP contribution is -2.44. The highest BCUT2D eigenvalue weighted by Crippen LogP contribution is 2.26. The lowest BCUT2D eigenvalue weighted by molar-refractivity contribution is 0.0696. The third-order valence-electron chi connectivity index (χ3n) is 4.66. The zero-order valence-corrected chi connectivity index (χ0v) is 15.1. The van der Waals surface area contributed by atoms with Crippen LogP contribution in [0.4, 0.5) is 11.4 Å². The molecule has 0 radical (unpaired) electrons. The molecule has 1 aliphatic heterocycles. The highest BCUT2D eigenvalue weighted by Gasteiger charge is 2.26. The first kappa shape index (κ1) is 19.2. The molecule has 3 aromatic rings. The predicted molar refractivity (Wildman–Crippen MR) is 106 cm³/mol. The van der Waals surface area contributed by atoms with E-state index in [1.807, 2.05) is 11.0 Å². The molecule has 8 heteroatoms. The highest BCUT2D eigenvalue weighted by molar-refractivity contribution is 5.86. The maximum absolute atomic E-state index is 11.6. The molecule has 0 aliphatic carbocycles. The normalized spacial score (nSPS) is 12.8. The largest absolute Gasteiger partial charge is 0.478 e. The molecular formula is C20H20N4O4. The van der Waals surface area contributed by atoms with Gasteiger partial charge in [0.05, 0.1) is 5.56 Å². The summed E-state index contributed by atoms with van der Waals surface area (Å²) in [5.41, 5.74) is 14.4. The molecule has 144 valence electrons. The number of nitrogens with two attached hydrogens (primary N) is 2. The Morgan fingerprint density at radius 3 is 2.54 bits per heavy atom. The van der Waals surface area contributed by atoms with Crippen molar-refractivity contribution < 1.29 is 9.90 Å². The van der Waals surface area contributed by atoms with Gasteiger partial charge in [-0.15, -0.1) is 0 Å². The molecule has 4 rings (SSSR count). The molecule has 0 fully saturated rings. The zero-order valence-electron chi connectivity index (χ0n) is 15.1. The van der Waals surface area contributed by atoms with Gasteiger partial charge in [0.2, 0.25) is 0 Å². The molecule has 1 aromatic heterocycles. The Morgan fingerprint density at radius 2 is 1.96 bits per heavy atom. The Labute approximate surface area is 160 Å². The standard InChI is InChI=1S/C14H15N3O2.C6H5NO2/c15-6-8-1-2-9-3-4-17(7-10(9)5-8)12-11(16)13(18)14(12)19;8-6(9)5-2-1-3-7-4-5/h1-2,5H,3-4,6-7,15-16H2;1-4H,(H,8,9). The van der Waals surface area contributed by atoms with Gasteiger partial charge in [-0.2, -0.15) is 0 Å². The molecule has 0 spiro atoms. The summed E-state index contributed by atoms with van der Waals surface area (Å²) in [6, 6.07) is 9.25. The van der Waals surface area contributed by atoms with E-state index in [1.54, 1.807) is 6.07 Å². The van der Waals surface area contributed by atoms with Crippen LogP contribution in [0.1, 0.15) is 27.0 Å². The van der Waals surface area contributed by atoms with Crippen molar-refractivity contribution in [1.82, 2.24) is 4.98 Å². The molecule has 0 atom stereocenters. The van der Waals surface area contributed by atoms with E-state index in [0.717, 1.165) is 17.5 Å². The van der Waals surface area contributed by atoms with E-state index in [1.165, 1.54) is 24.0 Å². The number of aromatic nitrogens is 1. The third kappa shape index (κ3) is 3.77. The summed E-state index contributed by atoms with van der Waals surface area (Å²) >= 11 is 0. The van der Waals surface area contributed by atoms with Gasteiger partial charge in [0.15, 0.2) is 0 Å². The fourth-order valence-electron chi connectivity index (χ4n) is 3.13. The lowest BCUT2D eigenvalue weighted by atomic mass is 9.96. The van der Waals surface area contributed by atoms with Crippen LogP contribution >= 0.6 is 0 Å². The number of hydrogen-bond donors (Lipinski definition) is 3. The molecule has 8 nitrogen and oxygen atoms in total. The number of aromatic carboxylic acids is 1. The Kier molecular flexibility index (Phi) is 5.51. The molecule has 2 aromatic carbocycles. The van der Waals surface area contributed by atoms with E-state index in [4.69, 9.17) is 16.6 Å². The summed E-state index contributed by atoms with van der Waals surface area (Å²) in [7, 11) is 0. The first-order valence-corrected chi connectivity index (χ1v) is 8.70. The van der Waals surface area contributed by atoms with Crippen LogP contribution < -0.4 is 27.2 Å². The third-order valence-corrected chi connectivity index (χ3v) is 4.66. The minimum absolute atomic E-state index is 0.100. The monoisotopic (exact) mass is 380 g/mol. The van der Waals surface area contributed by atoms with Crippen LogP contribution in [0.2, 0.25) is 0 Å². The van der Waals surface area contributed by atoms with Gasteiger partial charge in [0.25, 0.3) is 10.9 Å². The molecule has 2 heterocycles. The van der Waals surface area contributed by atoms with Gasteiger partial charge in [-0.05, 0) is 35.2 Å². The number of pyridine rings is 1. The number of benzene rings is 1. The second-order valence-corrected chi connectivity index (χ2v) is 6.45. The van der Waals surface area contributed by atoms with Crippen LogP contribution in [0.15, 0.2) is 52.3 Å². The molecule has 0 saturated heterocycles. The van der Waals surface area contributed by atoms with E-state index in [2.05, 4.69) is 17.1 Å². The average molecular weight is 380 g/mol. The quantitative estimate of drug-likeness (QED) is 0.563. The van der Waals surface area contributed by atoms with E-state index >= 15 is 0 Å². The van der Waals surface area contributed by atoms with Crippen molar-refractivity contribution in [2.45, 2.75) is 19.5 Å². The van der Waals surface area contributed by atoms with Gasteiger partial charge in [-0.3, -0.25) is 14.6 Å². The van der Waals surface area contributed by atoms with Crippen LogP contribution in [0, 0.1) is 0 Å². The molecule has 0 saturated carbocycles. The summed E-state index contributed by atoms with van der Waals surface area (Å²) < 4.78 is 0. The molecule has 28 heavy (non-hydrogen) atoms. The van der Waals surface area contributed by atoms with Crippen molar-refractivity contribution >= 4 is 17.3 Å². The number of hydrogen-bond acceptors (Lipinski definition) is 7. The number of carbonyl (C=O) groups is 1. The number of carboxylic acids is 1. The SMILES string of the molecule is NCc1ccc2c(c1)CN(c1c(N)c(=O)c1=O)CC2.O=C(O)c1cccnc1. The maximum Gasteiger partial charge on any atom is 0.337 e. The van der Waals surface area contributed by atoms with Gasteiger partial charge in [0, 0.05) is 32.0 Å². The lowest BCUT2D eigenvalue weighted by Gasteiger charge is -2.31. The topological polar surface area (TPSA) is 140 Å². The minimum atomic E-state index is -0.942. The number of nitrogens with zero attached hydrogens (tertiary/aromatic N) is 2. The first-order chi connectivity index (χ1) is 13.4. The fraction of sp³-hybridized carbons (Fsp3) is 0.200. The van der Waals surface area contributed by atoms with Gasteiger partial charge in [0.1, 0.15) is 11.4 Å². The number of rotatable bonds is 3. The van der Waals surface area contributed by atoms with Crippen molar-refractivity contribution in [3.63, 3.8) is 0 Å². The van der Waals surface area contributed by atoms with Crippen molar-refractivity contribution in [2.24, 2.45) is 5.73 Å². The van der Waals surface area contributed by atoms with Crippen LogP contribution in [0.25, 0.3) is 0 Å². The predicted octanol–water partition coefficient (Wildman–Crippen LogP) is 0.666.